The van der Waals surface area contributed by atoms with Crippen molar-refractivity contribution in [2.75, 3.05) is 39.3 Å². The average Bonchev–Trinajstić information content (AvgIpc) is 2.40. The van der Waals surface area contributed by atoms with Gasteiger partial charge in [0.25, 0.3) is 0 Å². The van der Waals surface area contributed by atoms with Gasteiger partial charge in [-0.2, -0.15) is 0 Å². The molecule has 0 aromatic carbocycles. The molecule has 0 amide bonds. The molecule has 1 aliphatic heterocycles. The summed E-state index contributed by atoms with van der Waals surface area (Å²) in [6.45, 7) is 14.7. The van der Waals surface area contributed by atoms with Crippen LogP contribution in [0.5, 0.6) is 0 Å². The number of carboxylic acids is 1. The van der Waals surface area contributed by atoms with Crippen molar-refractivity contribution in [2.24, 2.45) is 0 Å². The van der Waals surface area contributed by atoms with E-state index in [1.165, 1.54) is 13.0 Å². The summed E-state index contributed by atoms with van der Waals surface area (Å²) in [4.78, 5) is 16.4. The smallest absolute Gasteiger partial charge is 0.323 e. The number of aliphatic carboxylic acids is 1. The molecule has 124 valence electrons. The van der Waals surface area contributed by atoms with Gasteiger partial charge in [-0.1, -0.05) is 6.92 Å². The SMILES string of the molecule is CCCN1CCN(CCCC(C)(NC(C)C)C(=O)O)CC1. The van der Waals surface area contributed by atoms with Crippen LogP contribution in [0.4, 0.5) is 0 Å². The van der Waals surface area contributed by atoms with Crippen molar-refractivity contribution in [3.63, 3.8) is 0 Å². The minimum Gasteiger partial charge on any atom is -0.480 e. The van der Waals surface area contributed by atoms with E-state index in [0.29, 0.717) is 6.42 Å². The Hall–Kier alpha value is -0.650. The molecule has 5 nitrogen and oxygen atoms in total. The molecule has 0 bridgehead atoms. The maximum atomic E-state index is 11.5. The first-order valence-corrected chi connectivity index (χ1v) is 8.33. The summed E-state index contributed by atoms with van der Waals surface area (Å²) in [5.74, 6) is -0.746. The zero-order valence-electron chi connectivity index (χ0n) is 14.2. The summed E-state index contributed by atoms with van der Waals surface area (Å²) in [5, 5.41) is 12.6. The highest BCUT2D eigenvalue weighted by molar-refractivity contribution is 5.78. The molecule has 1 saturated heterocycles. The second-order valence-corrected chi connectivity index (χ2v) is 6.72. The Morgan fingerprint density at radius 2 is 1.71 bits per heavy atom. The minimum absolute atomic E-state index is 0.184. The van der Waals surface area contributed by atoms with Crippen molar-refractivity contribution in [1.29, 1.82) is 0 Å². The van der Waals surface area contributed by atoms with Crippen LogP contribution >= 0.6 is 0 Å². The minimum atomic E-state index is -0.807. The third-order valence-corrected chi connectivity index (χ3v) is 4.24. The molecule has 0 radical (unpaired) electrons. The Morgan fingerprint density at radius 1 is 1.19 bits per heavy atom. The van der Waals surface area contributed by atoms with E-state index in [4.69, 9.17) is 0 Å². The van der Waals surface area contributed by atoms with Gasteiger partial charge >= 0.3 is 5.97 Å². The van der Waals surface area contributed by atoms with Crippen molar-refractivity contribution >= 4 is 5.97 Å². The Bertz CT molecular complexity index is 315. The van der Waals surface area contributed by atoms with Crippen LogP contribution in [-0.4, -0.2) is 71.7 Å². The van der Waals surface area contributed by atoms with E-state index in [-0.39, 0.29) is 6.04 Å². The standard InChI is InChI=1S/C16H33N3O2/c1-5-8-18-10-12-19(13-11-18)9-6-7-16(4,15(20)21)17-14(2)3/h14,17H,5-13H2,1-4H3,(H,20,21). The Morgan fingerprint density at radius 3 is 2.14 bits per heavy atom. The van der Waals surface area contributed by atoms with Gasteiger partial charge in [-0.15, -0.1) is 0 Å². The van der Waals surface area contributed by atoms with Crippen LogP contribution in [0.3, 0.4) is 0 Å². The van der Waals surface area contributed by atoms with E-state index in [0.717, 1.165) is 39.1 Å². The quantitative estimate of drug-likeness (QED) is 0.678. The van der Waals surface area contributed by atoms with Gasteiger partial charge in [-0.05, 0) is 53.1 Å². The predicted molar refractivity (Wildman–Crippen MR) is 86.7 cm³/mol. The van der Waals surface area contributed by atoms with Crippen LogP contribution in [0.25, 0.3) is 0 Å². The highest BCUT2D eigenvalue weighted by Crippen LogP contribution is 2.15. The predicted octanol–water partition coefficient (Wildman–Crippen LogP) is 1.64. The Labute approximate surface area is 129 Å². The number of piperazine rings is 1. The summed E-state index contributed by atoms with van der Waals surface area (Å²) in [5.41, 5.74) is -0.807. The molecule has 1 atom stereocenters. The first-order valence-electron chi connectivity index (χ1n) is 8.33. The number of rotatable bonds is 9. The first kappa shape index (κ1) is 18.4. The average molecular weight is 299 g/mol. The van der Waals surface area contributed by atoms with Gasteiger partial charge in [0.15, 0.2) is 0 Å². The fourth-order valence-electron chi connectivity index (χ4n) is 3.09. The lowest BCUT2D eigenvalue weighted by atomic mass is 9.94. The van der Waals surface area contributed by atoms with Crippen LogP contribution in [-0.2, 0) is 4.79 Å². The van der Waals surface area contributed by atoms with Gasteiger partial charge in [0.2, 0.25) is 0 Å². The molecule has 1 rings (SSSR count). The van der Waals surface area contributed by atoms with Gasteiger partial charge < -0.3 is 14.9 Å². The van der Waals surface area contributed by atoms with Crippen molar-refractivity contribution in [3.05, 3.63) is 0 Å². The lowest BCUT2D eigenvalue weighted by Crippen LogP contribution is -2.53. The van der Waals surface area contributed by atoms with Crippen LogP contribution < -0.4 is 5.32 Å². The maximum Gasteiger partial charge on any atom is 0.323 e. The second-order valence-electron chi connectivity index (χ2n) is 6.72. The summed E-state index contributed by atoms with van der Waals surface area (Å²) >= 11 is 0. The van der Waals surface area contributed by atoms with Crippen molar-refractivity contribution in [1.82, 2.24) is 15.1 Å². The molecule has 5 heteroatoms. The van der Waals surface area contributed by atoms with Gasteiger partial charge in [0.1, 0.15) is 5.54 Å². The van der Waals surface area contributed by atoms with Gasteiger partial charge in [0, 0.05) is 32.2 Å². The van der Waals surface area contributed by atoms with Gasteiger partial charge in [-0.25, -0.2) is 0 Å². The second kappa shape index (κ2) is 8.71. The number of hydrogen-bond donors (Lipinski definition) is 2. The molecular weight excluding hydrogens is 266 g/mol. The van der Waals surface area contributed by atoms with Crippen molar-refractivity contribution in [2.45, 2.75) is 58.5 Å². The zero-order valence-corrected chi connectivity index (χ0v) is 14.2. The number of carboxylic acid groups (broad SMARTS) is 1. The van der Waals surface area contributed by atoms with Crippen LogP contribution in [0.15, 0.2) is 0 Å². The molecule has 0 saturated carbocycles. The molecule has 0 spiro atoms. The molecule has 21 heavy (non-hydrogen) atoms. The number of nitrogens with one attached hydrogen (secondary N) is 1. The van der Waals surface area contributed by atoms with E-state index in [9.17, 15) is 9.90 Å². The summed E-state index contributed by atoms with van der Waals surface area (Å²) < 4.78 is 0. The van der Waals surface area contributed by atoms with Crippen molar-refractivity contribution < 1.29 is 9.90 Å². The van der Waals surface area contributed by atoms with E-state index in [2.05, 4.69) is 22.0 Å². The van der Waals surface area contributed by atoms with Crippen LogP contribution in [0.2, 0.25) is 0 Å². The van der Waals surface area contributed by atoms with Gasteiger partial charge in [-0.3, -0.25) is 10.1 Å². The lowest BCUT2D eigenvalue weighted by molar-refractivity contribution is -0.144. The molecule has 1 unspecified atom stereocenters. The van der Waals surface area contributed by atoms with E-state index in [1.54, 1.807) is 6.92 Å². The highest BCUT2D eigenvalue weighted by Gasteiger charge is 2.33. The fourth-order valence-corrected chi connectivity index (χ4v) is 3.09. The van der Waals surface area contributed by atoms with Crippen molar-refractivity contribution in [3.8, 4) is 0 Å². The molecule has 0 aromatic rings. The van der Waals surface area contributed by atoms with E-state index < -0.39 is 11.5 Å². The largest absolute Gasteiger partial charge is 0.480 e. The topological polar surface area (TPSA) is 55.8 Å². The van der Waals surface area contributed by atoms with Crippen LogP contribution in [0.1, 0.15) is 47.0 Å². The lowest BCUT2D eigenvalue weighted by Gasteiger charge is -2.35. The number of carbonyl (C=O) groups is 1. The normalized spacial score (nSPS) is 20.6. The zero-order chi connectivity index (χ0) is 15.9. The monoisotopic (exact) mass is 299 g/mol. The van der Waals surface area contributed by atoms with E-state index >= 15 is 0 Å². The molecule has 0 aliphatic carbocycles. The molecule has 0 aromatic heterocycles. The summed E-state index contributed by atoms with van der Waals surface area (Å²) in [6.07, 6.45) is 2.82. The maximum absolute atomic E-state index is 11.5. The fraction of sp³-hybridized carbons (Fsp3) is 0.938. The Kier molecular flexibility index (Phi) is 7.63. The molecule has 1 aliphatic rings. The highest BCUT2D eigenvalue weighted by atomic mass is 16.4. The summed E-state index contributed by atoms with van der Waals surface area (Å²) in [6, 6.07) is 0.184. The molecule has 2 N–H and O–H groups in total. The first-order chi connectivity index (χ1) is 9.87. The van der Waals surface area contributed by atoms with E-state index in [1.807, 2.05) is 13.8 Å². The van der Waals surface area contributed by atoms with Gasteiger partial charge in [0.05, 0.1) is 0 Å². The molecule has 1 fully saturated rings. The summed E-state index contributed by atoms with van der Waals surface area (Å²) in [7, 11) is 0. The third kappa shape index (κ3) is 6.32. The van der Waals surface area contributed by atoms with Crippen LogP contribution in [0, 0.1) is 0 Å². The number of nitrogens with zero attached hydrogens (tertiary/aromatic N) is 2. The number of hydrogen-bond acceptors (Lipinski definition) is 4. The third-order valence-electron chi connectivity index (χ3n) is 4.24. The Balaban J connectivity index is 2.30. The molecular formula is C16H33N3O2. The molecule has 1 heterocycles.